The Hall–Kier alpha value is -3.08. The van der Waals surface area contributed by atoms with Gasteiger partial charge in [0, 0.05) is 37.0 Å². The topological polar surface area (TPSA) is 12.5 Å². The average Bonchev–Trinajstić information content (AvgIpc) is 3.08. The zero-order valence-corrected chi connectivity index (χ0v) is 25.1. The molecule has 1 aliphatic rings. The van der Waals surface area contributed by atoms with Crippen LogP contribution < -0.4 is 9.64 Å². The predicted molar refractivity (Wildman–Crippen MR) is 167 cm³/mol. The Balaban J connectivity index is 1.58. The monoisotopic (exact) mass is 625 g/mol. The summed E-state index contributed by atoms with van der Waals surface area (Å²) >= 11 is 7.20. The third kappa shape index (κ3) is 4.24. The number of halogens is 2. The lowest BCUT2D eigenvalue weighted by Gasteiger charge is -2.33. The first-order valence-electron chi connectivity index (χ1n) is 12.8. The molecule has 0 atom stereocenters. The molecular weight excluding hydrogens is 598 g/mol. The minimum atomic E-state index is -0.266. The summed E-state index contributed by atoms with van der Waals surface area (Å²) in [5, 5.41) is 2.44. The van der Waals surface area contributed by atoms with Gasteiger partial charge < -0.3 is 9.64 Å². The minimum absolute atomic E-state index is 0.105. The fraction of sp³-hybridized carbons (Fsp3) is 0.176. The molecule has 0 fully saturated rings. The van der Waals surface area contributed by atoms with E-state index in [1.54, 1.807) is 0 Å². The van der Waals surface area contributed by atoms with E-state index < -0.39 is 0 Å². The van der Waals surface area contributed by atoms with Gasteiger partial charge in [-0.2, -0.15) is 0 Å². The van der Waals surface area contributed by atoms with Gasteiger partial charge in [-0.05, 0) is 109 Å². The van der Waals surface area contributed by atoms with Crippen molar-refractivity contribution in [1.29, 1.82) is 0 Å². The molecule has 0 saturated carbocycles. The van der Waals surface area contributed by atoms with Gasteiger partial charge in [0.25, 0.3) is 0 Å². The standard InChI is InChI=1S/C34H29Br2NO/c1-33(2)31-20-23(9-18-32(31)38-34(33,3)4)30-21-28(19-22-7-5-6-8-29(22)30)37(26-14-10-24(35)11-15-26)27-16-12-25(36)13-17-27/h5-21H,1-4H3. The van der Waals surface area contributed by atoms with Gasteiger partial charge in [0.1, 0.15) is 11.4 Å². The molecule has 0 amide bonds. The van der Waals surface area contributed by atoms with Gasteiger partial charge in [-0.3, -0.25) is 0 Å². The zero-order valence-electron chi connectivity index (χ0n) is 21.9. The van der Waals surface area contributed by atoms with Crippen molar-refractivity contribution in [2.24, 2.45) is 0 Å². The molecule has 0 bridgehead atoms. The van der Waals surface area contributed by atoms with E-state index in [0.29, 0.717) is 0 Å². The summed E-state index contributed by atoms with van der Waals surface area (Å²) in [6.45, 7) is 8.91. The van der Waals surface area contributed by atoms with Crippen LogP contribution in [0.15, 0.2) is 112 Å². The van der Waals surface area contributed by atoms with E-state index in [1.807, 2.05) is 0 Å². The fourth-order valence-corrected chi connectivity index (χ4v) is 5.82. The smallest absolute Gasteiger partial charge is 0.124 e. The second kappa shape index (κ2) is 9.29. The van der Waals surface area contributed by atoms with Crippen molar-refractivity contribution in [2.75, 3.05) is 4.90 Å². The van der Waals surface area contributed by atoms with Crippen LogP contribution in [0.25, 0.3) is 21.9 Å². The third-order valence-corrected chi connectivity index (χ3v) is 9.17. The van der Waals surface area contributed by atoms with Gasteiger partial charge in [0.2, 0.25) is 0 Å². The van der Waals surface area contributed by atoms with Crippen LogP contribution in [-0.4, -0.2) is 5.60 Å². The second-order valence-corrected chi connectivity index (χ2v) is 12.8. The lowest BCUT2D eigenvalue weighted by atomic mass is 9.73. The molecule has 2 nitrogen and oxygen atoms in total. The Labute approximate surface area is 241 Å². The van der Waals surface area contributed by atoms with Crippen molar-refractivity contribution >= 4 is 59.7 Å². The molecule has 5 aromatic carbocycles. The maximum Gasteiger partial charge on any atom is 0.124 e. The minimum Gasteiger partial charge on any atom is -0.487 e. The van der Waals surface area contributed by atoms with Crippen LogP contribution in [-0.2, 0) is 5.41 Å². The third-order valence-electron chi connectivity index (χ3n) is 8.11. The van der Waals surface area contributed by atoms with E-state index in [4.69, 9.17) is 4.74 Å². The highest BCUT2D eigenvalue weighted by atomic mass is 79.9. The van der Waals surface area contributed by atoms with Crippen molar-refractivity contribution in [3.63, 3.8) is 0 Å². The molecule has 38 heavy (non-hydrogen) atoms. The SMILES string of the molecule is CC1(C)Oc2ccc(-c3cc(N(c4ccc(Br)cc4)c4ccc(Br)cc4)cc4ccccc34)cc2C1(C)C. The fourth-order valence-electron chi connectivity index (χ4n) is 5.29. The Morgan fingerprint density at radius 3 is 1.87 bits per heavy atom. The summed E-state index contributed by atoms with van der Waals surface area (Å²) < 4.78 is 8.48. The van der Waals surface area contributed by atoms with Gasteiger partial charge in [-0.15, -0.1) is 0 Å². The molecular formula is C34H29Br2NO. The van der Waals surface area contributed by atoms with Crippen LogP contribution in [0.4, 0.5) is 17.1 Å². The van der Waals surface area contributed by atoms with E-state index in [1.165, 1.54) is 27.5 Å². The predicted octanol–water partition coefficient (Wildman–Crippen LogP) is 11.0. The Morgan fingerprint density at radius 2 is 1.24 bits per heavy atom. The number of anilines is 3. The highest BCUT2D eigenvalue weighted by Crippen LogP contribution is 2.50. The summed E-state index contributed by atoms with van der Waals surface area (Å²) in [6, 6.07) is 36.9. The summed E-state index contributed by atoms with van der Waals surface area (Å²) in [6.07, 6.45) is 0. The number of hydrogen-bond acceptors (Lipinski definition) is 2. The van der Waals surface area contributed by atoms with Crippen LogP contribution in [0.3, 0.4) is 0 Å². The largest absolute Gasteiger partial charge is 0.487 e. The van der Waals surface area contributed by atoms with Crippen LogP contribution >= 0.6 is 31.9 Å². The highest BCUT2D eigenvalue weighted by molar-refractivity contribution is 9.10. The van der Waals surface area contributed by atoms with E-state index in [-0.39, 0.29) is 11.0 Å². The number of hydrogen-bond donors (Lipinski definition) is 0. The molecule has 190 valence electrons. The lowest BCUT2D eigenvalue weighted by molar-refractivity contribution is 0.0712. The molecule has 0 N–H and O–H groups in total. The number of benzene rings is 5. The van der Waals surface area contributed by atoms with Crippen molar-refractivity contribution < 1.29 is 4.74 Å². The lowest BCUT2D eigenvalue weighted by Crippen LogP contribution is -2.41. The maximum absolute atomic E-state index is 6.37. The van der Waals surface area contributed by atoms with Crippen molar-refractivity contribution in [1.82, 2.24) is 0 Å². The van der Waals surface area contributed by atoms with Crippen LogP contribution in [0.5, 0.6) is 5.75 Å². The number of rotatable bonds is 4. The molecule has 4 heteroatoms. The molecule has 1 heterocycles. The normalized spacial score (nSPS) is 15.2. The molecule has 6 rings (SSSR count). The summed E-state index contributed by atoms with van der Waals surface area (Å²) in [5.41, 5.74) is 6.60. The first-order chi connectivity index (χ1) is 18.1. The molecule has 0 aromatic heterocycles. The van der Waals surface area contributed by atoms with Gasteiger partial charge >= 0.3 is 0 Å². The van der Waals surface area contributed by atoms with Crippen molar-refractivity contribution in [3.8, 4) is 16.9 Å². The molecule has 1 aliphatic heterocycles. The van der Waals surface area contributed by atoms with Gasteiger partial charge in [0.05, 0.1) is 0 Å². The van der Waals surface area contributed by atoms with Crippen molar-refractivity contribution in [2.45, 2.75) is 38.7 Å². The summed E-state index contributed by atoms with van der Waals surface area (Å²) in [7, 11) is 0. The number of nitrogens with zero attached hydrogens (tertiary/aromatic N) is 1. The maximum atomic E-state index is 6.37. The first-order valence-corrected chi connectivity index (χ1v) is 14.4. The Kier molecular flexibility index (Phi) is 6.16. The number of fused-ring (bicyclic) bond motifs is 2. The van der Waals surface area contributed by atoms with E-state index in [0.717, 1.165) is 31.8 Å². The molecule has 0 radical (unpaired) electrons. The zero-order chi connectivity index (χ0) is 26.7. The molecule has 0 unspecified atom stereocenters. The van der Waals surface area contributed by atoms with Gasteiger partial charge in [-0.25, -0.2) is 0 Å². The molecule has 0 aliphatic carbocycles. The van der Waals surface area contributed by atoms with E-state index >= 15 is 0 Å². The van der Waals surface area contributed by atoms with Gasteiger partial charge in [0.15, 0.2) is 0 Å². The van der Waals surface area contributed by atoms with Gasteiger partial charge in [-0.1, -0.05) is 76.0 Å². The van der Waals surface area contributed by atoms with E-state index in [9.17, 15) is 0 Å². The quantitative estimate of drug-likeness (QED) is 0.197. The summed E-state index contributed by atoms with van der Waals surface area (Å²) in [4.78, 5) is 2.32. The first kappa shape index (κ1) is 25.2. The Bertz CT molecular complexity index is 1610. The summed E-state index contributed by atoms with van der Waals surface area (Å²) in [5.74, 6) is 0.982. The van der Waals surface area contributed by atoms with E-state index in [2.05, 4.69) is 168 Å². The van der Waals surface area contributed by atoms with Crippen LogP contribution in [0.1, 0.15) is 33.3 Å². The number of ether oxygens (including phenoxy) is 1. The molecule has 0 spiro atoms. The van der Waals surface area contributed by atoms with Crippen LogP contribution in [0.2, 0.25) is 0 Å². The highest BCUT2D eigenvalue weighted by Gasteiger charge is 2.47. The van der Waals surface area contributed by atoms with Crippen LogP contribution in [0, 0.1) is 0 Å². The molecule has 5 aromatic rings. The second-order valence-electron chi connectivity index (χ2n) is 11.0. The molecule has 0 saturated heterocycles. The Morgan fingerprint density at radius 1 is 0.632 bits per heavy atom. The van der Waals surface area contributed by atoms with Crippen molar-refractivity contribution in [3.05, 3.63) is 118 Å². The average molecular weight is 627 g/mol.